The second kappa shape index (κ2) is 9.92. The minimum Gasteiger partial charge on any atom is -0.377 e. The average molecular weight is 160 g/mol. The van der Waals surface area contributed by atoms with E-state index in [2.05, 4.69) is 13.8 Å². The van der Waals surface area contributed by atoms with Crippen LogP contribution >= 0.6 is 0 Å². The van der Waals surface area contributed by atoms with Gasteiger partial charge in [-0.1, -0.05) is 33.1 Å². The van der Waals surface area contributed by atoms with E-state index >= 15 is 0 Å². The molecule has 0 unspecified atom stereocenters. The van der Waals surface area contributed by atoms with Crippen molar-refractivity contribution in [3.8, 4) is 0 Å². The maximum absolute atomic E-state index is 4.94. The predicted octanol–water partition coefficient (Wildman–Crippen LogP) is 2.23. The highest BCUT2D eigenvalue weighted by Gasteiger charge is 1.94. The first-order valence-electron chi connectivity index (χ1n) is 4.57. The molecule has 0 atom stereocenters. The van der Waals surface area contributed by atoms with Crippen LogP contribution in [0.1, 0.15) is 33.1 Å². The lowest BCUT2D eigenvalue weighted by Crippen LogP contribution is -2.16. The number of ether oxygens (including phenoxy) is 2. The molecule has 2 heteroatoms. The Bertz CT molecular complexity index is 47.1. The van der Waals surface area contributed by atoms with Gasteiger partial charge in [-0.3, -0.25) is 0 Å². The van der Waals surface area contributed by atoms with Crippen molar-refractivity contribution >= 4 is 0 Å². The Morgan fingerprint density at radius 3 is 1.27 bits per heavy atom. The Balaban J connectivity index is 0.000000187. The molecule has 2 nitrogen and oxygen atoms in total. The number of hydrogen-bond donors (Lipinski definition) is 0. The minimum atomic E-state index is 0.778. The van der Waals surface area contributed by atoms with E-state index in [1.54, 1.807) is 0 Å². The van der Waals surface area contributed by atoms with Gasteiger partial charge in [-0.05, 0) is 0 Å². The molecule has 11 heavy (non-hydrogen) atoms. The van der Waals surface area contributed by atoms with E-state index in [1.807, 2.05) is 0 Å². The van der Waals surface area contributed by atoms with Crippen molar-refractivity contribution in [2.75, 3.05) is 26.4 Å². The third-order valence-corrected chi connectivity index (χ3v) is 1.45. The van der Waals surface area contributed by atoms with Crippen LogP contribution in [0.15, 0.2) is 0 Å². The number of rotatable bonds is 2. The molecular formula is C9H20O2. The van der Waals surface area contributed by atoms with Crippen LogP contribution < -0.4 is 0 Å². The van der Waals surface area contributed by atoms with Crippen molar-refractivity contribution in [1.29, 1.82) is 0 Å². The Morgan fingerprint density at radius 2 is 1.18 bits per heavy atom. The van der Waals surface area contributed by atoms with Crippen molar-refractivity contribution < 1.29 is 9.47 Å². The molecule has 1 heterocycles. The number of hydrogen-bond acceptors (Lipinski definition) is 2. The molecule has 1 saturated heterocycles. The first-order valence-corrected chi connectivity index (χ1v) is 4.57. The highest BCUT2D eigenvalue weighted by atomic mass is 16.6. The third kappa shape index (κ3) is 9.92. The summed E-state index contributed by atoms with van der Waals surface area (Å²) in [6.45, 7) is 7.53. The van der Waals surface area contributed by atoms with Gasteiger partial charge in [0.1, 0.15) is 0 Å². The van der Waals surface area contributed by atoms with Crippen LogP contribution in [0, 0.1) is 0 Å². The van der Waals surface area contributed by atoms with E-state index < -0.39 is 0 Å². The second-order valence-corrected chi connectivity index (χ2v) is 2.58. The standard InChI is InChI=1S/C5H12.C4H8O2/c1-3-5-4-2;1-2-6-4-3-5-1/h3-5H2,1-2H3;1-4H2. The molecule has 0 spiro atoms. The van der Waals surface area contributed by atoms with E-state index in [0.717, 1.165) is 26.4 Å². The van der Waals surface area contributed by atoms with Gasteiger partial charge in [0.15, 0.2) is 0 Å². The summed E-state index contributed by atoms with van der Waals surface area (Å²) >= 11 is 0. The smallest absolute Gasteiger partial charge is 0.0701 e. The predicted molar refractivity (Wildman–Crippen MR) is 46.8 cm³/mol. The molecule has 1 aliphatic rings. The van der Waals surface area contributed by atoms with Gasteiger partial charge in [-0.2, -0.15) is 0 Å². The lowest BCUT2D eigenvalue weighted by Gasteiger charge is -2.09. The molecule has 0 aromatic carbocycles. The summed E-state index contributed by atoms with van der Waals surface area (Å²) in [6.07, 6.45) is 4.08. The molecule has 0 N–H and O–H groups in total. The molecule has 0 bridgehead atoms. The first-order chi connectivity index (χ1) is 5.41. The summed E-state index contributed by atoms with van der Waals surface area (Å²) in [5, 5.41) is 0. The van der Waals surface area contributed by atoms with Crippen LogP contribution in [0.4, 0.5) is 0 Å². The second-order valence-electron chi connectivity index (χ2n) is 2.58. The maximum atomic E-state index is 4.94. The highest BCUT2D eigenvalue weighted by molar-refractivity contribution is 4.37. The zero-order valence-electron chi connectivity index (χ0n) is 7.77. The van der Waals surface area contributed by atoms with Gasteiger partial charge >= 0.3 is 0 Å². The number of unbranched alkanes of at least 4 members (excludes halogenated alkanes) is 2. The van der Waals surface area contributed by atoms with Gasteiger partial charge in [-0.15, -0.1) is 0 Å². The highest BCUT2D eigenvalue weighted by Crippen LogP contribution is 1.88. The van der Waals surface area contributed by atoms with E-state index in [4.69, 9.17) is 9.47 Å². The molecule has 68 valence electrons. The summed E-state index contributed by atoms with van der Waals surface area (Å²) < 4.78 is 9.89. The normalized spacial score (nSPS) is 16.9. The van der Waals surface area contributed by atoms with E-state index in [1.165, 1.54) is 19.3 Å². The van der Waals surface area contributed by atoms with Crippen molar-refractivity contribution in [3.63, 3.8) is 0 Å². The van der Waals surface area contributed by atoms with Gasteiger partial charge in [0, 0.05) is 0 Å². The molecule has 0 radical (unpaired) electrons. The summed E-state index contributed by atoms with van der Waals surface area (Å²) in [4.78, 5) is 0. The van der Waals surface area contributed by atoms with E-state index in [9.17, 15) is 0 Å². The van der Waals surface area contributed by atoms with Crippen molar-refractivity contribution in [2.24, 2.45) is 0 Å². The quantitative estimate of drug-likeness (QED) is 0.616. The molecule has 1 aliphatic heterocycles. The summed E-state index contributed by atoms with van der Waals surface area (Å²) in [5.41, 5.74) is 0. The van der Waals surface area contributed by atoms with Crippen LogP contribution in [0.5, 0.6) is 0 Å². The maximum Gasteiger partial charge on any atom is 0.0701 e. The molecule has 0 saturated carbocycles. The van der Waals surface area contributed by atoms with Crippen molar-refractivity contribution in [3.05, 3.63) is 0 Å². The topological polar surface area (TPSA) is 18.5 Å². The SMILES string of the molecule is C1COCCO1.CCCCC. The molecule has 0 amide bonds. The fourth-order valence-corrected chi connectivity index (χ4v) is 0.793. The largest absolute Gasteiger partial charge is 0.377 e. The minimum absolute atomic E-state index is 0.778. The van der Waals surface area contributed by atoms with E-state index in [0.29, 0.717) is 0 Å². The summed E-state index contributed by atoms with van der Waals surface area (Å²) in [7, 11) is 0. The third-order valence-electron chi connectivity index (χ3n) is 1.45. The van der Waals surface area contributed by atoms with Crippen LogP contribution in [0.25, 0.3) is 0 Å². The molecule has 0 aliphatic carbocycles. The summed E-state index contributed by atoms with van der Waals surface area (Å²) in [6, 6.07) is 0. The Labute approximate surface area is 69.9 Å². The van der Waals surface area contributed by atoms with Crippen molar-refractivity contribution in [1.82, 2.24) is 0 Å². The van der Waals surface area contributed by atoms with Gasteiger partial charge in [0.25, 0.3) is 0 Å². The van der Waals surface area contributed by atoms with E-state index in [-0.39, 0.29) is 0 Å². The zero-order valence-corrected chi connectivity index (χ0v) is 7.77. The van der Waals surface area contributed by atoms with Crippen LogP contribution in [0.3, 0.4) is 0 Å². The molecule has 0 aromatic heterocycles. The molecule has 1 fully saturated rings. The summed E-state index contributed by atoms with van der Waals surface area (Å²) in [5.74, 6) is 0. The van der Waals surface area contributed by atoms with Crippen LogP contribution in [0.2, 0.25) is 0 Å². The Hall–Kier alpha value is -0.0800. The fraction of sp³-hybridized carbons (Fsp3) is 1.00. The fourth-order valence-electron chi connectivity index (χ4n) is 0.793. The van der Waals surface area contributed by atoms with Gasteiger partial charge in [0.2, 0.25) is 0 Å². The van der Waals surface area contributed by atoms with Gasteiger partial charge < -0.3 is 9.47 Å². The lowest BCUT2D eigenvalue weighted by atomic mass is 10.3. The lowest BCUT2D eigenvalue weighted by molar-refractivity contribution is -0.0334. The van der Waals surface area contributed by atoms with Crippen LogP contribution in [-0.2, 0) is 9.47 Å². The Morgan fingerprint density at radius 1 is 0.818 bits per heavy atom. The monoisotopic (exact) mass is 160 g/mol. The van der Waals surface area contributed by atoms with Gasteiger partial charge in [-0.25, -0.2) is 0 Å². The van der Waals surface area contributed by atoms with Gasteiger partial charge in [0.05, 0.1) is 26.4 Å². The average Bonchev–Trinajstić information content (AvgIpc) is 2.10. The first kappa shape index (κ1) is 10.9. The molecule has 0 aromatic rings. The zero-order chi connectivity index (χ0) is 8.36. The van der Waals surface area contributed by atoms with Crippen molar-refractivity contribution in [2.45, 2.75) is 33.1 Å². The molecular weight excluding hydrogens is 140 g/mol. The Kier molecular flexibility index (Phi) is 9.85. The van der Waals surface area contributed by atoms with Crippen LogP contribution in [-0.4, -0.2) is 26.4 Å². The molecule has 1 rings (SSSR count).